The summed E-state index contributed by atoms with van der Waals surface area (Å²) in [6.07, 6.45) is 8.02. The lowest BCUT2D eigenvalue weighted by Crippen LogP contribution is -2.39. The summed E-state index contributed by atoms with van der Waals surface area (Å²) in [7, 11) is -1.66. The number of carbonyl (C=O) groups excluding carboxylic acids is 1. The number of carbonyl (C=O) groups is 1. The number of anilines is 1. The van der Waals surface area contributed by atoms with Crippen LogP contribution in [0.4, 0.5) is 5.95 Å². The second-order valence-corrected chi connectivity index (χ2v) is 10.8. The van der Waals surface area contributed by atoms with Crippen LogP contribution < -0.4 is 4.90 Å². The molecular formula is C21H30N6O3S. The van der Waals surface area contributed by atoms with Gasteiger partial charge in [-0.1, -0.05) is 6.92 Å². The Labute approximate surface area is 183 Å². The molecule has 0 spiro atoms. The highest BCUT2D eigenvalue weighted by atomic mass is 32.2. The molecule has 2 aliphatic rings. The summed E-state index contributed by atoms with van der Waals surface area (Å²) < 4.78 is 26.5. The first-order chi connectivity index (χ1) is 14.7. The molecule has 0 saturated carbocycles. The molecule has 0 aliphatic carbocycles. The maximum absolute atomic E-state index is 12.7. The fourth-order valence-electron chi connectivity index (χ4n) is 4.52. The summed E-state index contributed by atoms with van der Waals surface area (Å²) in [4.78, 5) is 26.0. The standard InChI is InChI=1S/C21H30N6O3S/c1-15-5-4-9-27(14-15)21-22-13-18(31(3,29)30)19(23-21)16-6-11-26(12-7-16)20(28)17-8-10-25(2)24-17/h8,10,13,15-16H,4-7,9,11-12,14H2,1-3H3/t15-/m0/s1. The van der Waals surface area contributed by atoms with Crippen molar-refractivity contribution in [1.29, 1.82) is 0 Å². The monoisotopic (exact) mass is 446 g/mol. The molecule has 1 amide bonds. The van der Waals surface area contributed by atoms with Crippen molar-refractivity contribution in [3.63, 3.8) is 0 Å². The number of likely N-dealkylation sites (tertiary alicyclic amines) is 1. The molecule has 0 radical (unpaired) electrons. The van der Waals surface area contributed by atoms with E-state index < -0.39 is 9.84 Å². The van der Waals surface area contributed by atoms with E-state index in [-0.39, 0.29) is 16.7 Å². The van der Waals surface area contributed by atoms with Crippen molar-refractivity contribution in [3.05, 3.63) is 29.8 Å². The van der Waals surface area contributed by atoms with Crippen LogP contribution in [0.1, 0.15) is 54.7 Å². The highest BCUT2D eigenvalue weighted by molar-refractivity contribution is 7.90. The second kappa shape index (κ2) is 8.57. The molecule has 2 aliphatic heterocycles. The lowest BCUT2D eigenvalue weighted by molar-refractivity contribution is 0.0704. The molecule has 0 aromatic carbocycles. The van der Waals surface area contributed by atoms with Crippen LogP contribution in [0.25, 0.3) is 0 Å². The van der Waals surface area contributed by atoms with Crippen molar-refractivity contribution >= 4 is 21.7 Å². The van der Waals surface area contributed by atoms with Gasteiger partial charge in [-0.3, -0.25) is 9.48 Å². The summed E-state index contributed by atoms with van der Waals surface area (Å²) in [5.41, 5.74) is 1.02. The number of aryl methyl sites for hydroxylation is 1. The topological polar surface area (TPSA) is 101 Å². The molecular weight excluding hydrogens is 416 g/mol. The Kier molecular flexibility index (Phi) is 6.00. The van der Waals surface area contributed by atoms with Gasteiger partial charge in [-0.25, -0.2) is 18.4 Å². The van der Waals surface area contributed by atoms with Gasteiger partial charge in [0.05, 0.1) is 11.9 Å². The Bertz CT molecular complexity index is 1060. The highest BCUT2D eigenvalue weighted by Gasteiger charge is 2.31. The first-order valence-corrected chi connectivity index (χ1v) is 12.7. The number of aromatic nitrogens is 4. The van der Waals surface area contributed by atoms with Gasteiger partial charge >= 0.3 is 0 Å². The number of nitrogens with zero attached hydrogens (tertiary/aromatic N) is 6. The van der Waals surface area contributed by atoms with Crippen molar-refractivity contribution in [2.45, 2.75) is 43.4 Å². The Balaban J connectivity index is 1.55. The van der Waals surface area contributed by atoms with Crippen molar-refractivity contribution in [1.82, 2.24) is 24.6 Å². The van der Waals surface area contributed by atoms with Gasteiger partial charge in [0, 0.05) is 51.6 Å². The van der Waals surface area contributed by atoms with E-state index in [1.165, 1.54) is 18.9 Å². The summed E-state index contributed by atoms with van der Waals surface area (Å²) in [5, 5.41) is 4.20. The van der Waals surface area contributed by atoms with Crippen LogP contribution in [0, 0.1) is 5.92 Å². The van der Waals surface area contributed by atoms with E-state index in [0.29, 0.717) is 49.2 Å². The number of rotatable bonds is 4. The number of hydrogen-bond acceptors (Lipinski definition) is 7. The van der Waals surface area contributed by atoms with E-state index in [2.05, 4.69) is 21.9 Å². The predicted octanol–water partition coefficient (Wildman–Crippen LogP) is 1.87. The lowest BCUT2D eigenvalue weighted by atomic mass is 9.93. The van der Waals surface area contributed by atoms with Gasteiger partial charge in [0.2, 0.25) is 5.95 Å². The molecule has 168 valence electrons. The summed E-state index contributed by atoms with van der Waals surface area (Å²) >= 11 is 0. The van der Waals surface area contributed by atoms with E-state index in [4.69, 9.17) is 4.98 Å². The minimum Gasteiger partial charge on any atom is -0.341 e. The molecule has 2 aromatic rings. The number of sulfone groups is 1. The minimum absolute atomic E-state index is 0.0264. The molecule has 2 saturated heterocycles. The quantitative estimate of drug-likeness (QED) is 0.706. The number of piperidine rings is 2. The zero-order valence-corrected chi connectivity index (χ0v) is 19.2. The van der Waals surface area contributed by atoms with Crippen LogP contribution in [0.15, 0.2) is 23.4 Å². The van der Waals surface area contributed by atoms with Crippen molar-refractivity contribution in [2.75, 3.05) is 37.3 Å². The van der Waals surface area contributed by atoms with E-state index in [1.54, 1.807) is 28.9 Å². The van der Waals surface area contributed by atoms with Gasteiger partial charge in [-0.15, -0.1) is 0 Å². The maximum Gasteiger partial charge on any atom is 0.274 e. The Hall–Kier alpha value is -2.49. The largest absolute Gasteiger partial charge is 0.341 e. The normalized spacial score (nSPS) is 20.8. The van der Waals surface area contributed by atoms with E-state index >= 15 is 0 Å². The van der Waals surface area contributed by atoms with Crippen LogP contribution in [-0.2, 0) is 16.9 Å². The highest BCUT2D eigenvalue weighted by Crippen LogP contribution is 2.33. The molecule has 0 N–H and O–H groups in total. The average Bonchev–Trinajstić information content (AvgIpc) is 3.18. The predicted molar refractivity (Wildman–Crippen MR) is 117 cm³/mol. The molecule has 0 bridgehead atoms. The molecule has 4 rings (SSSR count). The van der Waals surface area contributed by atoms with E-state index in [0.717, 1.165) is 19.5 Å². The maximum atomic E-state index is 12.7. The van der Waals surface area contributed by atoms with Crippen molar-refractivity contribution in [2.24, 2.45) is 13.0 Å². The lowest BCUT2D eigenvalue weighted by Gasteiger charge is -2.33. The number of hydrogen-bond donors (Lipinski definition) is 0. The van der Waals surface area contributed by atoms with Crippen molar-refractivity contribution < 1.29 is 13.2 Å². The third-order valence-corrected chi connectivity index (χ3v) is 7.32. The SMILES string of the molecule is C[C@H]1CCCN(c2ncc(S(C)(=O)=O)c(C3CCN(C(=O)c4ccn(C)n4)CC3)n2)C1. The summed E-state index contributed by atoms with van der Waals surface area (Å²) in [5.74, 6) is 1.06. The van der Waals surface area contributed by atoms with E-state index in [9.17, 15) is 13.2 Å². The third-order valence-electron chi connectivity index (χ3n) is 6.21. The molecule has 0 unspecified atom stereocenters. The molecule has 31 heavy (non-hydrogen) atoms. The van der Waals surface area contributed by atoms with Crippen LogP contribution in [0.3, 0.4) is 0 Å². The van der Waals surface area contributed by atoms with Gasteiger partial charge in [0.25, 0.3) is 5.91 Å². The molecule has 4 heterocycles. The van der Waals surface area contributed by atoms with Gasteiger partial charge in [0.1, 0.15) is 10.6 Å². The Morgan fingerprint density at radius 1 is 1.16 bits per heavy atom. The fourth-order valence-corrected chi connectivity index (χ4v) is 5.36. The van der Waals surface area contributed by atoms with Crippen molar-refractivity contribution in [3.8, 4) is 0 Å². The van der Waals surface area contributed by atoms with Crippen LogP contribution in [-0.4, -0.2) is 71.4 Å². The zero-order valence-electron chi connectivity index (χ0n) is 18.4. The van der Waals surface area contributed by atoms with Crippen LogP contribution in [0.2, 0.25) is 0 Å². The first kappa shape index (κ1) is 21.7. The zero-order chi connectivity index (χ0) is 22.2. The van der Waals surface area contributed by atoms with Gasteiger partial charge in [0.15, 0.2) is 9.84 Å². The number of amides is 1. The second-order valence-electron chi connectivity index (χ2n) is 8.83. The Morgan fingerprint density at radius 3 is 2.52 bits per heavy atom. The summed E-state index contributed by atoms with van der Waals surface area (Å²) in [6, 6.07) is 1.71. The Morgan fingerprint density at radius 2 is 1.90 bits per heavy atom. The third kappa shape index (κ3) is 4.73. The first-order valence-electron chi connectivity index (χ1n) is 10.8. The van der Waals surface area contributed by atoms with Crippen LogP contribution in [0.5, 0.6) is 0 Å². The van der Waals surface area contributed by atoms with Gasteiger partial charge < -0.3 is 9.80 Å². The molecule has 1 atom stereocenters. The molecule has 2 aromatic heterocycles. The van der Waals surface area contributed by atoms with Crippen LogP contribution >= 0.6 is 0 Å². The molecule has 2 fully saturated rings. The average molecular weight is 447 g/mol. The molecule has 10 heteroatoms. The molecule has 9 nitrogen and oxygen atoms in total. The minimum atomic E-state index is -3.45. The van der Waals surface area contributed by atoms with Gasteiger partial charge in [-0.2, -0.15) is 5.10 Å². The van der Waals surface area contributed by atoms with Gasteiger partial charge in [-0.05, 0) is 37.7 Å². The fraction of sp³-hybridized carbons (Fsp3) is 0.619. The smallest absolute Gasteiger partial charge is 0.274 e. The summed E-state index contributed by atoms with van der Waals surface area (Å²) in [6.45, 7) is 5.08. The van der Waals surface area contributed by atoms with E-state index in [1.807, 2.05) is 0 Å².